The fourth-order valence-electron chi connectivity index (χ4n) is 5.26. The third-order valence-electron chi connectivity index (χ3n) is 7.88. The number of Topliss-reactive ketones (excluding diaryl/α,β-unsaturated/α-hetero) is 1. The van der Waals surface area contributed by atoms with Crippen molar-refractivity contribution >= 4 is 35.6 Å². The van der Waals surface area contributed by atoms with Crippen molar-refractivity contribution in [1.29, 1.82) is 0 Å². The minimum Gasteiger partial charge on any atom is -0.377 e. The van der Waals surface area contributed by atoms with E-state index in [1.165, 1.54) is 18.2 Å². The highest BCUT2D eigenvalue weighted by molar-refractivity contribution is 7.92. The first-order valence-electron chi connectivity index (χ1n) is 14.3. The summed E-state index contributed by atoms with van der Waals surface area (Å²) in [5.74, 6) is 0.978. The van der Waals surface area contributed by atoms with Gasteiger partial charge in [0.1, 0.15) is 12.4 Å². The lowest BCUT2D eigenvalue weighted by atomic mass is 9.87. The van der Waals surface area contributed by atoms with E-state index in [9.17, 15) is 8.68 Å². The zero-order valence-corrected chi connectivity index (χ0v) is 26.4. The molecule has 1 fully saturated rings. The maximum absolute atomic E-state index is 12.7. The lowest BCUT2D eigenvalue weighted by Gasteiger charge is -2.37. The first kappa shape index (κ1) is 33.2. The Morgan fingerprint density at radius 3 is 2.52 bits per heavy atom. The lowest BCUT2D eigenvalue weighted by Crippen LogP contribution is -2.40. The number of rotatable bonds is 12. The van der Waals surface area contributed by atoms with E-state index in [0.29, 0.717) is 17.5 Å². The summed E-state index contributed by atoms with van der Waals surface area (Å²) in [6, 6.07) is 10.5. The molecule has 1 N–H and O–H groups in total. The van der Waals surface area contributed by atoms with Crippen LogP contribution in [0.1, 0.15) is 79.2 Å². The first-order valence-corrected chi connectivity index (χ1v) is 15.0. The number of hydrogen-bond acceptors (Lipinski definition) is 6. The molecule has 0 amide bonds. The number of amidine groups is 1. The van der Waals surface area contributed by atoms with Crippen molar-refractivity contribution in [3.05, 3.63) is 101 Å². The number of aryl methyl sites for hydroxylation is 1. The molecule has 1 aromatic carbocycles. The first-order chi connectivity index (χ1) is 20.2. The molecule has 2 heterocycles. The van der Waals surface area contributed by atoms with Gasteiger partial charge < -0.3 is 4.74 Å². The zero-order valence-electron chi connectivity index (χ0n) is 25.6. The molecule has 0 spiro atoms. The smallest absolute Gasteiger partial charge is 0.163 e. The van der Waals surface area contributed by atoms with E-state index >= 15 is 0 Å². The Labute approximate surface area is 255 Å². The standard InChI is InChI=1S/C34H43FN4O2S/c1-8-28(10-9-24(3)37-34(22-41-7)38-42-35)32-15-18-36-25(4)33(32)21-23(2)26(5)39-19-16-31(17-20-39)30-13-11-29(12-14-30)27(6)40/h8-15,18,21,26,31H,3,16-17,19-20,22H2,1-2,4-7H3,(H,37,38)/b10-9-,23-21+,28-8+. The lowest BCUT2D eigenvalue weighted by molar-refractivity contribution is 0.101. The summed E-state index contributed by atoms with van der Waals surface area (Å²) in [6.45, 7) is 16.3. The Morgan fingerprint density at radius 2 is 1.93 bits per heavy atom. The van der Waals surface area contributed by atoms with Gasteiger partial charge in [0.2, 0.25) is 0 Å². The second-order valence-corrected chi connectivity index (χ2v) is 11.0. The molecule has 0 radical (unpaired) electrons. The van der Waals surface area contributed by atoms with Crippen molar-refractivity contribution in [1.82, 2.24) is 14.6 Å². The van der Waals surface area contributed by atoms with Crippen molar-refractivity contribution in [2.45, 2.75) is 59.4 Å². The molecular formula is C34H43FN4O2S. The summed E-state index contributed by atoms with van der Waals surface area (Å²) in [5, 5.41) is 0. The average molecular weight is 591 g/mol. The predicted molar refractivity (Wildman–Crippen MR) is 175 cm³/mol. The molecule has 6 nitrogen and oxygen atoms in total. The number of allylic oxidation sites excluding steroid dienone is 4. The summed E-state index contributed by atoms with van der Waals surface area (Å²) in [5.41, 5.74) is 7.99. The fourth-order valence-corrected chi connectivity index (χ4v) is 5.46. The van der Waals surface area contributed by atoms with Crippen LogP contribution in [-0.4, -0.2) is 54.4 Å². The van der Waals surface area contributed by atoms with Gasteiger partial charge in [-0.25, -0.2) is 4.99 Å². The van der Waals surface area contributed by atoms with Crippen molar-refractivity contribution in [2.75, 3.05) is 26.8 Å². The molecule has 1 atom stereocenters. The van der Waals surface area contributed by atoms with Crippen molar-refractivity contribution in [3.63, 3.8) is 0 Å². The van der Waals surface area contributed by atoms with Crippen LogP contribution in [0.5, 0.6) is 0 Å². The molecule has 1 aliphatic heterocycles. The van der Waals surface area contributed by atoms with Crippen molar-refractivity contribution in [2.24, 2.45) is 4.99 Å². The molecule has 224 valence electrons. The topological polar surface area (TPSA) is 66.8 Å². The van der Waals surface area contributed by atoms with Gasteiger partial charge in [-0.2, -0.15) is 0 Å². The number of carbonyl (C=O) groups excluding carboxylic acids is 1. The number of aromatic nitrogens is 1. The minimum atomic E-state index is -0.0252. The van der Waals surface area contributed by atoms with Gasteiger partial charge >= 0.3 is 0 Å². The van der Waals surface area contributed by atoms with E-state index < -0.39 is 0 Å². The van der Waals surface area contributed by atoms with E-state index in [0.717, 1.165) is 53.9 Å². The van der Waals surface area contributed by atoms with Crippen LogP contribution in [0.2, 0.25) is 0 Å². The maximum Gasteiger partial charge on any atom is 0.163 e. The Bertz CT molecular complexity index is 1350. The molecule has 1 aromatic heterocycles. The number of methoxy groups -OCH3 is 1. The predicted octanol–water partition coefficient (Wildman–Crippen LogP) is 7.90. The fraction of sp³-hybridized carbons (Fsp3) is 0.382. The molecule has 1 unspecified atom stereocenters. The number of benzene rings is 1. The normalized spacial score (nSPS) is 16.6. The average Bonchev–Trinajstić information content (AvgIpc) is 2.99. The molecule has 0 bridgehead atoms. The Morgan fingerprint density at radius 1 is 1.24 bits per heavy atom. The summed E-state index contributed by atoms with van der Waals surface area (Å²) < 4.78 is 20.2. The van der Waals surface area contributed by atoms with Crippen LogP contribution in [0.3, 0.4) is 0 Å². The Hall–Kier alpha value is -3.33. The SMILES string of the molecule is C=C(/C=C\C(=C/C)c1ccnc(C)c1/C=C(\C)C(C)N1CCC(c2ccc(C(C)=O)cc2)CC1)N=C(COC)NSF. The van der Waals surface area contributed by atoms with Crippen LogP contribution in [0.25, 0.3) is 11.6 Å². The highest BCUT2D eigenvalue weighted by Gasteiger charge is 2.25. The number of carbonyl (C=O) groups is 1. The monoisotopic (exact) mass is 590 g/mol. The van der Waals surface area contributed by atoms with Crippen LogP contribution in [0, 0.1) is 6.92 Å². The van der Waals surface area contributed by atoms with E-state index in [1.807, 2.05) is 50.4 Å². The number of nitrogens with zero attached hydrogens (tertiary/aromatic N) is 3. The third-order valence-corrected chi connectivity index (χ3v) is 8.19. The maximum atomic E-state index is 12.7. The van der Waals surface area contributed by atoms with Gasteiger partial charge in [-0.3, -0.25) is 19.4 Å². The molecular weight excluding hydrogens is 547 g/mol. The van der Waals surface area contributed by atoms with Crippen molar-refractivity contribution in [3.8, 4) is 0 Å². The molecule has 8 heteroatoms. The van der Waals surface area contributed by atoms with Gasteiger partial charge in [0.05, 0.1) is 5.70 Å². The molecule has 1 saturated heterocycles. The number of halogens is 1. The second kappa shape index (κ2) is 16.3. The third kappa shape index (κ3) is 9.08. The highest BCUT2D eigenvalue weighted by atomic mass is 32.2. The van der Waals surface area contributed by atoms with Crippen LogP contribution >= 0.6 is 12.3 Å². The largest absolute Gasteiger partial charge is 0.377 e. The Balaban J connectivity index is 1.74. The summed E-state index contributed by atoms with van der Waals surface area (Å²) in [6.07, 6.45) is 12.1. The highest BCUT2D eigenvalue weighted by Crippen LogP contribution is 2.31. The van der Waals surface area contributed by atoms with E-state index in [1.54, 1.807) is 6.92 Å². The molecule has 42 heavy (non-hydrogen) atoms. The van der Waals surface area contributed by atoms with E-state index in [4.69, 9.17) is 4.74 Å². The molecule has 0 saturated carbocycles. The van der Waals surface area contributed by atoms with Gasteiger partial charge in [-0.15, -0.1) is 3.89 Å². The summed E-state index contributed by atoms with van der Waals surface area (Å²) >= 11 is -0.0252. The summed E-state index contributed by atoms with van der Waals surface area (Å²) in [4.78, 5) is 23.1. The van der Waals surface area contributed by atoms with Crippen LogP contribution < -0.4 is 4.72 Å². The zero-order chi connectivity index (χ0) is 30.6. The molecule has 2 aromatic rings. The Kier molecular flexibility index (Phi) is 12.9. The van der Waals surface area contributed by atoms with Crippen LogP contribution in [0.4, 0.5) is 3.89 Å². The summed E-state index contributed by atoms with van der Waals surface area (Å²) in [7, 11) is 1.53. The van der Waals surface area contributed by atoms with Gasteiger partial charge in [-0.05, 0) is 95.3 Å². The van der Waals surface area contributed by atoms with Gasteiger partial charge in [0.25, 0.3) is 0 Å². The quantitative estimate of drug-likeness (QED) is 0.0891. The number of pyridine rings is 1. The number of ether oxygens (including phenoxy) is 1. The number of hydrogen-bond donors (Lipinski definition) is 1. The number of piperidine rings is 1. The van der Waals surface area contributed by atoms with Gasteiger partial charge in [0, 0.05) is 36.2 Å². The number of ketones is 1. The van der Waals surface area contributed by atoms with Crippen molar-refractivity contribution < 1.29 is 13.4 Å². The van der Waals surface area contributed by atoms with E-state index in [2.05, 4.69) is 64.3 Å². The number of aliphatic imine (C=N–C) groups is 1. The van der Waals surface area contributed by atoms with Gasteiger partial charge in [-0.1, -0.05) is 54.6 Å². The molecule has 0 aliphatic carbocycles. The van der Waals surface area contributed by atoms with Gasteiger partial charge in [0.15, 0.2) is 18.1 Å². The van der Waals surface area contributed by atoms with Crippen LogP contribution in [0.15, 0.2) is 77.6 Å². The number of nitrogens with one attached hydrogen (secondary N) is 1. The van der Waals surface area contributed by atoms with E-state index in [-0.39, 0.29) is 30.8 Å². The molecule has 1 aliphatic rings. The molecule has 3 rings (SSSR count). The van der Waals surface area contributed by atoms with Crippen LogP contribution in [-0.2, 0) is 4.74 Å². The second-order valence-electron chi connectivity index (χ2n) is 10.6. The minimum absolute atomic E-state index is 0.0252. The number of likely N-dealkylation sites (tertiary alicyclic amines) is 1.